The Hall–Kier alpha value is -2.09. The fourth-order valence-electron chi connectivity index (χ4n) is 3.02. The summed E-state index contributed by atoms with van der Waals surface area (Å²) in [5.41, 5.74) is -0.150. The van der Waals surface area contributed by atoms with Gasteiger partial charge in [-0.25, -0.2) is 4.79 Å². The first kappa shape index (κ1) is 13.9. The lowest BCUT2D eigenvalue weighted by atomic mass is 10.1. The summed E-state index contributed by atoms with van der Waals surface area (Å²) < 4.78 is 2.40. The first-order valence-corrected chi connectivity index (χ1v) is 7.06. The zero-order valence-electron chi connectivity index (χ0n) is 12.1. The van der Waals surface area contributed by atoms with E-state index in [-0.39, 0.29) is 18.6 Å². The largest absolute Gasteiger partial charge is 0.396 e. The highest BCUT2D eigenvalue weighted by atomic mass is 16.3. The predicted molar refractivity (Wildman–Crippen MR) is 78.4 cm³/mol. The first-order valence-electron chi connectivity index (χ1n) is 7.06. The fraction of sp³-hybridized carbons (Fsp3) is 0.615. The van der Waals surface area contributed by atoms with Gasteiger partial charge in [0.25, 0.3) is 5.56 Å². The summed E-state index contributed by atoms with van der Waals surface area (Å²) in [6, 6.07) is 0.136. The molecule has 1 saturated carbocycles. The Morgan fingerprint density at radius 2 is 2.10 bits per heavy atom. The van der Waals surface area contributed by atoms with Gasteiger partial charge in [0.2, 0.25) is 5.95 Å². The van der Waals surface area contributed by atoms with Crippen molar-refractivity contribution in [3.63, 3.8) is 0 Å². The number of H-pyrrole nitrogens is 1. The molecule has 8 nitrogen and oxygen atoms in total. The number of imidazole rings is 1. The highest BCUT2D eigenvalue weighted by molar-refractivity contribution is 5.72. The summed E-state index contributed by atoms with van der Waals surface area (Å²) in [7, 11) is 3.03. The number of hydrogen-bond acceptors (Lipinski definition) is 5. The lowest BCUT2D eigenvalue weighted by Gasteiger charge is -2.18. The van der Waals surface area contributed by atoms with E-state index in [1.165, 1.54) is 11.6 Å². The number of aromatic nitrogens is 4. The zero-order chi connectivity index (χ0) is 15.1. The third-order valence-corrected chi connectivity index (χ3v) is 4.31. The second-order valence-electron chi connectivity index (χ2n) is 5.61. The average molecular weight is 293 g/mol. The number of aliphatic hydroxyl groups is 1. The molecule has 1 aliphatic rings. The van der Waals surface area contributed by atoms with Gasteiger partial charge in [0, 0.05) is 32.7 Å². The highest BCUT2D eigenvalue weighted by Crippen LogP contribution is 2.27. The topological polar surface area (TPSA) is 105 Å². The van der Waals surface area contributed by atoms with Crippen LogP contribution in [0.3, 0.4) is 0 Å². The Balaban J connectivity index is 2.02. The molecule has 0 saturated heterocycles. The minimum atomic E-state index is -0.403. The molecule has 2 aromatic heterocycles. The fourth-order valence-corrected chi connectivity index (χ4v) is 3.02. The second-order valence-corrected chi connectivity index (χ2v) is 5.61. The van der Waals surface area contributed by atoms with E-state index < -0.39 is 11.2 Å². The molecule has 2 unspecified atom stereocenters. The van der Waals surface area contributed by atoms with Gasteiger partial charge in [0.1, 0.15) is 0 Å². The molecular weight excluding hydrogens is 274 g/mol. The van der Waals surface area contributed by atoms with Crippen LogP contribution in [0.2, 0.25) is 0 Å². The normalized spacial score (nSPS) is 22.0. The van der Waals surface area contributed by atoms with E-state index in [4.69, 9.17) is 0 Å². The summed E-state index contributed by atoms with van der Waals surface area (Å²) in [4.78, 5) is 31.2. The van der Waals surface area contributed by atoms with Crippen molar-refractivity contribution in [2.24, 2.45) is 20.0 Å². The van der Waals surface area contributed by atoms with Crippen LogP contribution in [0.5, 0.6) is 0 Å². The molecule has 1 fully saturated rings. The van der Waals surface area contributed by atoms with Crippen LogP contribution in [0.15, 0.2) is 9.59 Å². The number of aliphatic hydroxyl groups excluding tert-OH is 1. The van der Waals surface area contributed by atoms with Crippen molar-refractivity contribution in [3.05, 3.63) is 20.8 Å². The summed E-state index contributed by atoms with van der Waals surface area (Å²) in [6.45, 7) is 0.137. The zero-order valence-corrected chi connectivity index (χ0v) is 12.1. The molecule has 0 aliphatic heterocycles. The van der Waals surface area contributed by atoms with Gasteiger partial charge in [-0.15, -0.1) is 0 Å². The van der Waals surface area contributed by atoms with Crippen molar-refractivity contribution in [2.75, 3.05) is 11.9 Å². The Kier molecular flexibility index (Phi) is 3.32. The van der Waals surface area contributed by atoms with Crippen LogP contribution in [-0.2, 0) is 14.1 Å². The Morgan fingerprint density at radius 1 is 1.33 bits per heavy atom. The summed E-state index contributed by atoms with van der Waals surface area (Å²) >= 11 is 0. The minimum Gasteiger partial charge on any atom is -0.396 e. The standard InChI is InChI=1S/C13H19N5O3/c1-17-10-9(11(20)18(2)13(17)21)15-12(16-10)14-8-5-3-4-7(8)6-19/h7-8,19H,3-6H2,1-2H3,(H2,14,15,16). The summed E-state index contributed by atoms with van der Waals surface area (Å²) in [5.74, 6) is 0.665. The Bertz CT molecular complexity index is 787. The monoisotopic (exact) mass is 293 g/mol. The van der Waals surface area contributed by atoms with Crippen LogP contribution < -0.4 is 16.6 Å². The number of fused-ring (bicyclic) bond motifs is 1. The molecule has 114 valence electrons. The molecular formula is C13H19N5O3. The molecule has 3 N–H and O–H groups in total. The van der Waals surface area contributed by atoms with Crippen molar-refractivity contribution in [3.8, 4) is 0 Å². The molecule has 2 atom stereocenters. The van der Waals surface area contributed by atoms with E-state index in [9.17, 15) is 14.7 Å². The SMILES string of the molecule is Cn1c(=O)c2[nH]c(NC3CCCC3CO)nc2n(C)c1=O. The number of anilines is 1. The van der Waals surface area contributed by atoms with Gasteiger partial charge >= 0.3 is 5.69 Å². The van der Waals surface area contributed by atoms with Gasteiger partial charge < -0.3 is 15.4 Å². The van der Waals surface area contributed by atoms with Crippen molar-refractivity contribution in [1.82, 2.24) is 19.1 Å². The third-order valence-electron chi connectivity index (χ3n) is 4.31. The molecule has 1 aliphatic carbocycles. The predicted octanol–water partition coefficient (Wildman–Crippen LogP) is -0.467. The van der Waals surface area contributed by atoms with Gasteiger partial charge in [-0.05, 0) is 12.8 Å². The quantitative estimate of drug-likeness (QED) is 0.710. The van der Waals surface area contributed by atoms with Crippen LogP contribution in [0.4, 0.5) is 5.95 Å². The van der Waals surface area contributed by atoms with Crippen molar-refractivity contribution in [2.45, 2.75) is 25.3 Å². The molecule has 2 aromatic rings. The lowest BCUT2D eigenvalue weighted by Crippen LogP contribution is -2.36. The average Bonchev–Trinajstić information content (AvgIpc) is 3.10. The lowest BCUT2D eigenvalue weighted by molar-refractivity contribution is 0.222. The van der Waals surface area contributed by atoms with Crippen LogP contribution >= 0.6 is 0 Å². The van der Waals surface area contributed by atoms with E-state index >= 15 is 0 Å². The number of nitrogens with zero attached hydrogens (tertiary/aromatic N) is 3. The number of hydrogen-bond donors (Lipinski definition) is 3. The molecule has 8 heteroatoms. The minimum absolute atomic E-state index is 0.136. The molecule has 0 radical (unpaired) electrons. The van der Waals surface area contributed by atoms with E-state index in [1.54, 1.807) is 7.05 Å². The smallest absolute Gasteiger partial charge is 0.332 e. The summed E-state index contributed by atoms with van der Waals surface area (Å²) in [5, 5.41) is 12.6. The third kappa shape index (κ3) is 2.15. The van der Waals surface area contributed by atoms with Crippen LogP contribution in [-0.4, -0.2) is 36.9 Å². The van der Waals surface area contributed by atoms with E-state index in [1.807, 2.05) is 0 Å². The van der Waals surface area contributed by atoms with Crippen molar-refractivity contribution >= 4 is 17.1 Å². The van der Waals surface area contributed by atoms with Crippen LogP contribution in [0.25, 0.3) is 11.2 Å². The number of nitrogens with one attached hydrogen (secondary N) is 2. The van der Waals surface area contributed by atoms with Crippen molar-refractivity contribution < 1.29 is 5.11 Å². The van der Waals surface area contributed by atoms with Crippen LogP contribution in [0.1, 0.15) is 19.3 Å². The van der Waals surface area contributed by atoms with E-state index in [0.717, 1.165) is 23.8 Å². The first-order chi connectivity index (χ1) is 10.0. The van der Waals surface area contributed by atoms with Crippen LogP contribution in [0, 0.1) is 5.92 Å². The molecule has 0 spiro atoms. The molecule has 2 heterocycles. The van der Waals surface area contributed by atoms with Gasteiger partial charge in [0.05, 0.1) is 0 Å². The molecule has 3 rings (SSSR count). The number of rotatable bonds is 3. The molecule has 0 amide bonds. The Labute approximate surface area is 120 Å². The van der Waals surface area contributed by atoms with E-state index in [0.29, 0.717) is 17.1 Å². The number of aromatic amines is 1. The number of aryl methyl sites for hydroxylation is 1. The maximum Gasteiger partial charge on any atom is 0.332 e. The summed E-state index contributed by atoms with van der Waals surface area (Å²) in [6.07, 6.45) is 3.00. The van der Waals surface area contributed by atoms with Gasteiger partial charge in [0.15, 0.2) is 11.2 Å². The van der Waals surface area contributed by atoms with Crippen molar-refractivity contribution in [1.29, 1.82) is 0 Å². The molecule has 0 bridgehead atoms. The second kappa shape index (κ2) is 5.03. The molecule has 21 heavy (non-hydrogen) atoms. The van der Waals surface area contributed by atoms with E-state index in [2.05, 4.69) is 15.3 Å². The van der Waals surface area contributed by atoms with Gasteiger partial charge in [-0.1, -0.05) is 6.42 Å². The van der Waals surface area contributed by atoms with Gasteiger partial charge in [-0.2, -0.15) is 4.98 Å². The molecule has 0 aromatic carbocycles. The maximum atomic E-state index is 12.1. The maximum absolute atomic E-state index is 12.1. The Morgan fingerprint density at radius 3 is 2.81 bits per heavy atom. The van der Waals surface area contributed by atoms with Gasteiger partial charge in [-0.3, -0.25) is 13.9 Å². The highest BCUT2D eigenvalue weighted by Gasteiger charge is 2.27.